The van der Waals surface area contributed by atoms with Crippen molar-refractivity contribution in [2.45, 2.75) is 59.2 Å². The van der Waals surface area contributed by atoms with Gasteiger partial charge in [0.05, 0.1) is 0 Å². The van der Waals surface area contributed by atoms with Crippen LogP contribution in [0.2, 0.25) is 5.31 Å². The lowest BCUT2D eigenvalue weighted by Gasteiger charge is -2.40. The summed E-state index contributed by atoms with van der Waals surface area (Å²) in [5.41, 5.74) is 0.456. The van der Waals surface area contributed by atoms with Crippen LogP contribution in [0.5, 0.6) is 0 Å². The fraction of sp³-hybridized carbons (Fsp3) is 1.00. The minimum absolute atomic E-state index is 0.456. The lowest BCUT2D eigenvalue weighted by molar-refractivity contribution is 0.218. The SMILES string of the molecule is BC(CC)(CC(C)(C)CCNC)C(C)C. The molecule has 1 unspecified atom stereocenters. The Kier molecular flexibility index (Phi) is 5.94. The summed E-state index contributed by atoms with van der Waals surface area (Å²) in [6, 6.07) is 0. The smallest absolute Gasteiger partial charge is 0.109 e. The highest BCUT2D eigenvalue weighted by Crippen LogP contribution is 2.46. The minimum Gasteiger partial charge on any atom is -0.320 e. The van der Waals surface area contributed by atoms with Gasteiger partial charge in [0.15, 0.2) is 0 Å². The molecule has 0 amide bonds. The van der Waals surface area contributed by atoms with Gasteiger partial charge < -0.3 is 5.32 Å². The largest absolute Gasteiger partial charge is 0.320 e. The Balaban J connectivity index is 4.39. The van der Waals surface area contributed by atoms with Crippen molar-refractivity contribution in [1.29, 1.82) is 0 Å². The third-order valence-electron chi connectivity index (χ3n) is 4.14. The van der Waals surface area contributed by atoms with Crippen LogP contribution >= 0.6 is 0 Å². The molecule has 0 aliphatic carbocycles. The molecule has 2 heteroatoms. The van der Waals surface area contributed by atoms with Crippen LogP contribution in [0.15, 0.2) is 0 Å². The topological polar surface area (TPSA) is 12.0 Å². The van der Waals surface area contributed by atoms with Crippen LogP contribution in [0.25, 0.3) is 0 Å². The monoisotopic (exact) mass is 211 g/mol. The summed E-state index contributed by atoms with van der Waals surface area (Å²) in [6.45, 7) is 13.0. The second kappa shape index (κ2) is 5.93. The molecule has 0 aliphatic heterocycles. The first-order chi connectivity index (χ1) is 6.77. The maximum atomic E-state index is 3.26. The summed E-state index contributed by atoms with van der Waals surface area (Å²) >= 11 is 0. The first-order valence-electron chi connectivity index (χ1n) is 6.42. The Morgan fingerprint density at radius 1 is 1.27 bits per heavy atom. The lowest BCUT2D eigenvalue weighted by Crippen LogP contribution is -2.29. The first-order valence-corrected chi connectivity index (χ1v) is 6.42. The Morgan fingerprint density at radius 3 is 2.13 bits per heavy atom. The van der Waals surface area contributed by atoms with Crippen LogP contribution in [0, 0.1) is 11.3 Å². The minimum atomic E-state index is 0.456. The van der Waals surface area contributed by atoms with Crippen molar-refractivity contribution in [1.82, 2.24) is 5.32 Å². The zero-order valence-corrected chi connectivity index (χ0v) is 11.9. The number of rotatable bonds is 7. The summed E-state index contributed by atoms with van der Waals surface area (Å²) in [5, 5.41) is 3.75. The molecule has 1 N–H and O–H groups in total. The molecule has 0 rings (SSSR count). The van der Waals surface area contributed by atoms with Crippen molar-refractivity contribution >= 4 is 7.85 Å². The van der Waals surface area contributed by atoms with Crippen LogP contribution in [0.1, 0.15) is 53.9 Å². The number of nitrogens with one attached hydrogen (secondary N) is 1. The zero-order valence-electron chi connectivity index (χ0n) is 11.9. The molecular weight excluding hydrogens is 181 g/mol. The molecule has 1 atom stereocenters. The van der Waals surface area contributed by atoms with Gasteiger partial charge in [-0.1, -0.05) is 46.4 Å². The Hall–Kier alpha value is 0.0249. The Morgan fingerprint density at radius 2 is 1.80 bits per heavy atom. The van der Waals surface area contributed by atoms with Gasteiger partial charge in [0, 0.05) is 0 Å². The van der Waals surface area contributed by atoms with E-state index in [1.54, 1.807) is 0 Å². The fourth-order valence-corrected chi connectivity index (χ4v) is 2.38. The summed E-state index contributed by atoms with van der Waals surface area (Å²) in [5.74, 6) is 0.774. The molecule has 0 heterocycles. The number of hydrogen-bond donors (Lipinski definition) is 1. The molecule has 0 fully saturated rings. The van der Waals surface area contributed by atoms with Gasteiger partial charge in [-0.15, -0.1) is 0 Å². The van der Waals surface area contributed by atoms with Crippen molar-refractivity contribution in [2.75, 3.05) is 13.6 Å². The third kappa shape index (κ3) is 5.06. The molecular formula is C13H30BN. The molecule has 0 saturated carbocycles. The predicted molar refractivity (Wildman–Crippen MR) is 73.3 cm³/mol. The van der Waals surface area contributed by atoms with Gasteiger partial charge in [0.1, 0.15) is 7.85 Å². The van der Waals surface area contributed by atoms with Crippen LogP contribution in [0.4, 0.5) is 0 Å². The van der Waals surface area contributed by atoms with Gasteiger partial charge in [-0.2, -0.15) is 0 Å². The Bertz CT molecular complexity index is 177. The van der Waals surface area contributed by atoms with E-state index in [2.05, 4.69) is 47.8 Å². The zero-order chi connectivity index (χ0) is 12.1. The molecule has 15 heavy (non-hydrogen) atoms. The summed E-state index contributed by atoms with van der Waals surface area (Å²) < 4.78 is 0. The average molecular weight is 211 g/mol. The molecule has 0 aromatic heterocycles. The van der Waals surface area contributed by atoms with E-state index in [4.69, 9.17) is 0 Å². The molecule has 0 aromatic rings. The number of hydrogen-bond acceptors (Lipinski definition) is 1. The van der Waals surface area contributed by atoms with E-state index in [0.717, 1.165) is 12.5 Å². The maximum Gasteiger partial charge on any atom is 0.109 e. The normalized spacial score (nSPS) is 16.7. The van der Waals surface area contributed by atoms with E-state index in [1.807, 2.05) is 7.05 Å². The van der Waals surface area contributed by atoms with Gasteiger partial charge in [-0.25, -0.2) is 0 Å². The van der Waals surface area contributed by atoms with Gasteiger partial charge in [0.25, 0.3) is 0 Å². The van der Waals surface area contributed by atoms with Crippen LogP contribution in [-0.2, 0) is 0 Å². The second-order valence-corrected chi connectivity index (χ2v) is 6.36. The van der Waals surface area contributed by atoms with Crippen molar-refractivity contribution in [3.8, 4) is 0 Å². The first kappa shape index (κ1) is 15.0. The third-order valence-corrected chi connectivity index (χ3v) is 4.14. The Labute approximate surface area is 97.8 Å². The van der Waals surface area contributed by atoms with E-state index >= 15 is 0 Å². The molecule has 0 aliphatic rings. The molecule has 90 valence electrons. The van der Waals surface area contributed by atoms with Crippen molar-refractivity contribution in [3.63, 3.8) is 0 Å². The summed E-state index contributed by atoms with van der Waals surface area (Å²) in [6.07, 6.45) is 3.88. The standard InChI is InChI=1S/C13H30BN/c1-7-13(14,11(2)3)10-12(4,5)8-9-15-6/h11,15H,7-10,14H2,1-6H3. The van der Waals surface area contributed by atoms with E-state index in [1.165, 1.54) is 19.3 Å². The van der Waals surface area contributed by atoms with E-state index < -0.39 is 0 Å². The highest BCUT2D eigenvalue weighted by Gasteiger charge is 2.33. The molecule has 0 radical (unpaired) electrons. The van der Waals surface area contributed by atoms with Crippen LogP contribution < -0.4 is 5.32 Å². The fourth-order valence-electron chi connectivity index (χ4n) is 2.38. The van der Waals surface area contributed by atoms with Crippen LogP contribution in [0.3, 0.4) is 0 Å². The van der Waals surface area contributed by atoms with Gasteiger partial charge in [-0.3, -0.25) is 0 Å². The molecule has 0 aromatic carbocycles. The molecule has 0 saturated heterocycles. The lowest BCUT2D eigenvalue weighted by atomic mass is 9.54. The maximum absolute atomic E-state index is 3.26. The van der Waals surface area contributed by atoms with Crippen LogP contribution in [-0.4, -0.2) is 21.4 Å². The average Bonchev–Trinajstić information content (AvgIpc) is 2.13. The molecule has 1 nitrogen and oxygen atoms in total. The highest BCUT2D eigenvalue weighted by molar-refractivity contribution is 6.15. The second-order valence-electron chi connectivity index (χ2n) is 6.36. The van der Waals surface area contributed by atoms with Gasteiger partial charge in [-0.05, 0) is 37.8 Å². The van der Waals surface area contributed by atoms with Crippen molar-refractivity contribution in [3.05, 3.63) is 0 Å². The quantitative estimate of drug-likeness (QED) is 0.638. The summed E-state index contributed by atoms with van der Waals surface area (Å²) in [7, 11) is 4.48. The van der Waals surface area contributed by atoms with Crippen molar-refractivity contribution < 1.29 is 0 Å². The predicted octanol–water partition coefficient (Wildman–Crippen LogP) is 2.87. The van der Waals surface area contributed by atoms with E-state index in [0.29, 0.717) is 10.7 Å². The van der Waals surface area contributed by atoms with Gasteiger partial charge >= 0.3 is 0 Å². The highest BCUT2D eigenvalue weighted by atomic mass is 14.8. The summed E-state index contributed by atoms with van der Waals surface area (Å²) in [4.78, 5) is 0. The van der Waals surface area contributed by atoms with Crippen molar-refractivity contribution in [2.24, 2.45) is 11.3 Å². The van der Waals surface area contributed by atoms with E-state index in [-0.39, 0.29) is 0 Å². The van der Waals surface area contributed by atoms with E-state index in [9.17, 15) is 0 Å². The molecule has 0 bridgehead atoms. The van der Waals surface area contributed by atoms with Gasteiger partial charge in [0.2, 0.25) is 0 Å². The molecule has 0 spiro atoms.